The van der Waals surface area contributed by atoms with Gasteiger partial charge in [0.15, 0.2) is 10.8 Å². The van der Waals surface area contributed by atoms with E-state index in [1.54, 1.807) is 0 Å². The molecule has 0 spiro atoms. The predicted molar refractivity (Wildman–Crippen MR) is 121 cm³/mol. The molecule has 0 aliphatic carbocycles. The van der Waals surface area contributed by atoms with E-state index in [1.165, 1.54) is 19.2 Å². The Labute approximate surface area is 207 Å². The third kappa shape index (κ3) is 5.48. The Hall–Kier alpha value is -3.55. The lowest BCUT2D eigenvalue weighted by molar-refractivity contribution is -0.161. The van der Waals surface area contributed by atoms with Gasteiger partial charge in [-0.1, -0.05) is 5.16 Å². The molecule has 3 atom stereocenters. The monoisotopic (exact) mass is 549 g/mol. The van der Waals surface area contributed by atoms with E-state index < -0.39 is 70.2 Å². The van der Waals surface area contributed by atoms with Crippen LogP contribution in [0.5, 0.6) is 0 Å². The molecule has 198 valence electrons. The van der Waals surface area contributed by atoms with E-state index in [1.807, 2.05) is 0 Å². The van der Waals surface area contributed by atoms with Crippen molar-refractivity contribution in [1.29, 1.82) is 0 Å². The standard InChI is InChI=1S/C17H23N7O10S2/c1-17(2,14(27)28)34-22-10(8-6-35-15(19)20-8)12(25)21-11-9(24(13(11)26)36(30,31)32)5-23-4-7(3-18)33-16(23)29/h6-7,9,11H,3-5,18H2,1-2H3,(H2,19,20)(H,21,25)(H,27,28)(H,30,31,32)/b22-10+/t7-,9+,11-/m0/s1. The molecule has 2 saturated heterocycles. The van der Waals surface area contributed by atoms with Gasteiger partial charge in [0.25, 0.3) is 11.8 Å². The molecule has 3 rings (SSSR count). The maximum Gasteiger partial charge on any atom is 0.410 e. The summed E-state index contributed by atoms with van der Waals surface area (Å²) in [4.78, 5) is 58.9. The third-order valence-electron chi connectivity index (χ3n) is 5.18. The van der Waals surface area contributed by atoms with Crippen LogP contribution in [0, 0.1) is 0 Å². The summed E-state index contributed by atoms with van der Waals surface area (Å²) in [6.07, 6.45) is -1.49. The number of nitrogens with one attached hydrogen (secondary N) is 1. The quantitative estimate of drug-likeness (QED) is 0.0882. The molecule has 0 saturated carbocycles. The van der Waals surface area contributed by atoms with Crippen molar-refractivity contribution in [3.63, 3.8) is 0 Å². The molecule has 17 nitrogen and oxygen atoms in total. The van der Waals surface area contributed by atoms with E-state index in [2.05, 4.69) is 15.5 Å². The van der Waals surface area contributed by atoms with Crippen molar-refractivity contribution in [3.8, 4) is 0 Å². The van der Waals surface area contributed by atoms with E-state index in [9.17, 15) is 37.3 Å². The minimum absolute atomic E-state index is 0.00268. The number of nitrogens with zero attached hydrogens (tertiary/aromatic N) is 4. The molecule has 2 aliphatic heterocycles. The van der Waals surface area contributed by atoms with Crippen LogP contribution in [0.2, 0.25) is 0 Å². The number of ether oxygens (including phenoxy) is 1. The van der Waals surface area contributed by atoms with Crippen LogP contribution in [0.1, 0.15) is 19.5 Å². The lowest BCUT2D eigenvalue weighted by Gasteiger charge is -2.45. The molecular formula is C17H23N7O10S2. The van der Waals surface area contributed by atoms with E-state index in [0.29, 0.717) is 0 Å². The molecule has 7 N–H and O–H groups in total. The first-order chi connectivity index (χ1) is 16.7. The van der Waals surface area contributed by atoms with Crippen molar-refractivity contribution in [1.82, 2.24) is 19.5 Å². The number of β-lactam (4-membered cyclic amide) rings is 1. The SMILES string of the molecule is CC(C)(O/N=C(/C(=O)N[C@@H]1C(=O)N(S(=O)(=O)O)[C@@H]1CN1C[C@H](CN)OC1=O)c1csc(N)n1)C(=O)O. The number of carboxylic acids is 1. The molecule has 0 unspecified atom stereocenters. The van der Waals surface area contributed by atoms with Crippen molar-refractivity contribution in [3.05, 3.63) is 11.1 Å². The summed E-state index contributed by atoms with van der Waals surface area (Å²) in [6.45, 7) is 1.90. The maximum absolute atomic E-state index is 13.0. The van der Waals surface area contributed by atoms with Crippen LogP contribution in [-0.4, -0.2) is 105 Å². The average Bonchev–Trinajstić information content (AvgIpc) is 3.35. The summed E-state index contributed by atoms with van der Waals surface area (Å²) in [6, 6.07) is -2.93. The topological polar surface area (TPSA) is 257 Å². The number of carboxylic acid groups (broad SMARTS) is 1. The van der Waals surface area contributed by atoms with Gasteiger partial charge in [-0.05, 0) is 13.8 Å². The van der Waals surface area contributed by atoms with Gasteiger partial charge in [0.2, 0.25) is 5.60 Å². The van der Waals surface area contributed by atoms with Gasteiger partial charge in [-0.3, -0.25) is 14.1 Å². The Morgan fingerprint density at radius 2 is 2.08 bits per heavy atom. The summed E-state index contributed by atoms with van der Waals surface area (Å²) in [5.74, 6) is -3.68. The Balaban J connectivity index is 1.86. The highest BCUT2D eigenvalue weighted by Crippen LogP contribution is 2.26. The number of amides is 3. The van der Waals surface area contributed by atoms with Gasteiger partial charge in [0.1, 0.15) is 17.8 Å². The fraction of sp³-hybridized carbons (Fsp3) is 0.529. The second kappa shape index (κ2) is 9.84. The van der Waals surface area contributed by atoms with Crippen molar-refractivity contribution >= 4 is 56.4 Å². The van der Waals surface area contributed by atoms with Gasteiger partial charge < -0.3 is 36.4 Å². The number of hydrogen-bond acceptors (Lipinski definition) is 13. The van der Waals surface area contributed by atoms with Gasteiger partial charge in [-0.15, -0.1) is 11.3 Å². The van der Waals surface area contributed by atoms with Gasteiger partial charge in [0, 0.05) is 18.5 Å². The number of hydrogen-bond donors (Lipinski definition) is 5. The molecule has 3 heterocycles. The molecule has 2 aliphatic rings. The normalized spacial score (nSPS) is 22.8. The summed E-state index contributed by atoms with van der Waals surface area (Å²) >= 11 is 0.935. The molecule has 0 aromatic carbocycles. The molecule has 2 fully saturated rings. The van der Waals surface area contributed by atoms with Crippen LogP contribution in [0.15, 0.2) is 10.5 Å². The lowest BCUT2D eigenvalue weighted by atomic mass is 9.97. The number of anilines is 1. The second-order valence-corrected chi connectivity index (χ2v) is 10.4. The summed E-state index contributed by atoms with van der Waals surface area (Å²) in [7, 11) is -5.04. The zero-order valence-corrected chi connectivity index (χ0v) is 20.5. The van der Waals surface area contributed by atoms with Gasteiger partial charge in [-0.25, -0.2) is 18.9 Å². The van der Waals surface area contributed by atoms with Gasteiger partial charge >= 0.3 is 22.4 Å². The fourth-order valence-electron chi connectivity index (χ4n) is 3.22. The molecule has 19 heteroatoms. The first kappa shape index (κ1) is 27.0. The van der Waals surface area contributed by atoms with E-state index in [-0.39, 0.29) is 28.2 Å². The Kier molecular flexibility index (Phi) is 7.39. The molecule has 0 bridgehead atoms. The molecule has 1 aromatic heterocycles. The van der Waals surface area contributed by atoms with Crippen LogP contribution in [0.25, 0.3) is 0 Å². The predicted octanol–water partition coefficient (Wildman–Crippen LogP) is -2.41. The molecule has 3 amide bonds. The summed E-state index contributed by atoms with van der Waals surface area (Å²) in [5, 5.41) is 16.4. The summed E-state index contributed by atoms with van der Waals surface area (Å²) in [5.41, 5.74) is 8.56. The molecule has 0 radical (unpaired) electrons. The molecule has 1 aromatic rings. The van der Waals surface area contributed by atoms with E-state index in [0.717, 1.165) is 16.2 Å². The highest BCUT2D eigenvalue weighted by atomic mass is 32.2. The number of carbonyl (C=O) groups is 4. The Morgan fingerprint density at radius 1 is 1.42 bits per heavy atom. The van der Waals surface area contributed by atoms with Crippen LogP contribution in [-0.2, 0) is 34.3 Å². The van der Waals surface area contributed by atoms with Crippen LogP contribution < -0.4 is 16.8 Å². The number of oxime groups is 1. The number of nitrogens with two attached hydrogens (primary N) is 2. The first-order valence-corrected chi connectivity index (χ1v) is 12.4. The highest BCUT2D eigenvalue weighted by molar-refractivity contribution is 7.84. The van der Waals surface area contributed by atoms with Crippen molar-refractivity contribution in [2.75, 3.05) is 25.4 Å². The highest BCUT2D eigenvalue weighted by Gasteiger charge is 2.55. The van der Waals surface area contributed by atoms with Crippen molar-refractivity contribution in [2.45, 2.75) is 37.6 Å². The number of aliphatic carboxylic acids is 1. The number of nitrogen functional groups attached to an aromatic ring is 1. The number of rotatable bonds is 10. The molecular weight excluding hydrogens is 526 g/mol. The molecule has 36 heavy (non-hydrogen) atoms. The Morgan fingerprint density at radius 3 is 2.58 bits per heavy atom. The second-order valence-electron chi connectivity index (χ2n) is 8.19. The fourth-order valence-corrected chi connectivity index (χ4v) is 4.64. The first-order valence-electron chi connectivity index (χ1n) is 10.1. The van der Waals surface area contributed by atoms with Crippen LogP contribution in [0.3, 0.4) is 0 Å². The number of thiazole rings is 1. The largest absolute Gasteiger partial charge is 0.478 e. The van der Waals surface area contributed by atoms with E-state index in [4.69, 9.17) is 21.0 Å². The van der Waals surface area contributed by atoms with Crippen molar-refractivity contribution in [2.24, 2.45) is 10.9 Å². The number of aromatic nitrogens is 1. The number of cyclic esters (lactones) is 1. The Bertz CT molecular complexity index is 1210. The lowest BCUT2D eigenvalue weighted by Crippen LogP contribution is -2.74. The number of carbonyl (C=O) groups excluding carboxylic acids is 3. The minimum atomic E-state index is -5.04. The van der Waals surface area contributed by atoms with Gasteiger partial charge in [-0.2, -0.15) is 8.42 Å². The van der Waals surface area contributed by atoms with Crippen LogP contribution in [0.4, 0.5) is 9.93 Å². The average molecular weight is 550 g/mol. The van der Waals surface area contributed by atoms with E-state index >= 15 is 0 Å². The third-order valence-corrected chi connectivity index (χ3v) is 6.81. The summed E-state index contributed by atoms with van der Waals surface area (Å²) < 4.78 is 38.1. The smallest absolute Gasteiger partial charge is 0.410 e. The van der Waals surface area contributed by atoms with Crippen molar-refractivity contribution < 1.29 is 46.8 Å². The zero-order valence-electron chi connectivity index (χ0n) is 18.9. The minimum Gasteiger partial charge on any atom is -0.478 e. The van der Waals surface area contributed by atoms with Crippen LogP contribution >= 0.6 is 11.3 Å². The maximum atomic E-state index is 13.0. The zero-order chi connectivity index (χ0) is 27.0. The van der Waals surface area contributed by atoms with Gasteiger partial charge in [0.05, 0.1) is 12.6 Å².